The quantitative estimate of drug-likeness (QED) is 0.529. The van der Waals surface area contributed by atoms with Crippen LogP contribution >= 0.6 is 0 Å². The summed E-state index contributed by atoms with van der Waals surface area (Å²) in [6.45, 7) is 3.91. The third-order valence-electron chi connectivity index (χ3n) is 1.12. The third-order valence-corrected chi connectivity index (χ3v) is 1.12. The summed E-state index contributed by atoms with van der Waals surface area (Å²) in [4.78, 5) is 4.17. The minimum atomic E-state index is -0.239. The molecule has 1 aliphatic heterocycles. The zero-order valence-electron chi connectivity index (χ0n) is 6.38. The normalized spacial score (nSPS) is 21.3. The Morgan fingerprint density at radius 2 is 2.30 bits per heavy atom. The summed E-state index contributed by atoms with van der Waals surface area (Å²) in [6, 6.07) is 0.465. The van der Waals surface area contributed by atoms with E-state index in [0.29, 0.717) is 6.02 Å². The van der Waals surface area contributed by atoms with Crippen molar-refractivity contribution in [3.63, 3.8) is 0 Å². The van der Waals surface area contributed by atoms with Crippen LogP contribution in [0.4, 0.5) is 0 Å². The molecule has 10 heavy (non-hydrogen) atoms. The van der Waals surface area contributed by atoms with E-state index in [1.165, 1.54) is 0 Å². The molecule has 0 atom stereocenters. The van der Waals surface area contributed by atoms with E-state index in [4.69, 9.17) is 4.74 Å². The number of nitrogens with one attached hydrogen (secondary N) is 1. The zero-order chi connectivity index (χ0) is 7.61. The van der Waals surface area contributed by atoms with Gasteiger partial charge in [0.25, 0.3) is 0 Å². The van der Waals surface area contributed by atoms with Crippen molar-refractivity contribution in [2.75, 3.05) is 7.11 Å². The molecule has 0 aromatic rings. The summed E-state index contributed by atoms with van der Waals surface area (Å²) in [5, 5.41) is 3.85. The van der Waals surface area contributed by atoms with Gasteiger partial charge < -0.3 is 4.74 Å². The van der Waals surface area contributed by atoms with Gasteiger partial charge in [-0.1, -0.05) is 0 Å². The van der Waals surface area contributed by atoms with Crippen LogP contribution in [-0.4, -0.2) is 24.9 Å². The van der Waals surface area contributed by atoms with Crippen molar-refractivity contribution < 1.29 is 4.74 Å². The van der Waals surface area contributed by atoms with Crippen LogP contribution in [0.2, 0.25) is 0 Å². The fourth-order valence-corrected chi connectivity index (χ4v) is 0.652. The van der Waals surface area contributed by atoms with Crippen LogP contribution in [0, 0.1) is 0 Å². The number of methoxy groups -OCH3 is 1. The lowest BCUT2D eigenvalue weighted by atomic mass is 10.1. The van der Waals surface area contributed by atoms with Gasteiger partial charge in [0.15, 0.2) is 0 Å². The summed E-state index contributed by atoms with van der Waals surface area (Å²) in [7, 11) is 1.56. The zero-order valence-corrected chi connectivity index (χ0v) is 6.38. The Hall–Kier alpha value is -1.06. The summed E-state index contributed by atoms with van der Waals surface area (Å²) < 4.78 is 4.85. The van der Waals surface area contributed by atoms with E-state index in [9.17, 15) is 0 Å². The number of hydrogen-bond acceptors (Lipinski definition) is 4. The van der Waals surface area contributed by atoms with Crippen molar-refractivity contribution in [1.82, 2.24) is 5.43 Å². The molecular formula is C6H11N3O. The van der Waals surface area contributed by atoms with Gasteiger partial charge in [-0.25, -0.2) is 10.4 Å². The smallest absolute Gasteiger partial charge is 0.306 e. The highest BCUT2D eigenvalue weighted by Crippen LogP contribution is 2.07. The fourth-order valence-electron chi connectivity index (χ4n) is 0.652. The molecular weight excluding hydrogens is 130 g/mol. The number of aliphatic imine (C=N–C) groups is 1. The fraction of sp³-hybridized carbons (Fsp3) is 0.667. The average molecular weight is 141 g/mol. The molecule has 4 heteroatoms. The third kappa shape index (κ3) is 1.46. The number of hydrogen-bond donors (Lipinski definition) is 1. The van der Waals surface area contributed by atoms with Crippen LogP contribution in [0.25, 0.3) is 0 Å². The van der Waals surface area contributed by atoms with Crippen LogP contribution in [0.5, 0.6) is 0 Å². The first-order valence-corrected chi connectivity index (χ1v) is 3.08. The Morgan fingerprint density at radius 3 is 2.70 bits per heavy atom. The largest absolute Gasteiger partial charge is 0.467 e. The molecule has 0 aromatic heterocycles. The molecule has 0 unspecified atom stereocenters. The van der Waals surface area contributed by atoms with Crippen molar-refractivity contribution in [3.8, 4) is 0 Å². The molecule has 0 radical (unpaired) electrons. The topological polar surface area (TPSA) is 46.0 Å². The number of ether oxygens (including phenoxy) is 1. The summed E-state index contributed by atoms with van der Waals surface area (Å²) in [6.07, 6.45) is 1.73. The first-order chi connectivity index (χ1) is 4.64. The first kappa shape index (κ1) is 7.05. The summed E-state index contributed by atoms with van der Waals surface area (Å²) in [5.41, 5.74) is 2.38. The minimum Gasteiger partial charge on any atom is -0.467 e. The van der Waals surface area contributed by atoms with Crippen LogP contribution < -0.4 is 5.43 Å². The van der Waals surface area contributed by atoms with Gasteiger partial charge in [0.1, 0.15) is 0 Å². The lowest BCUT2D eigenvalue weighted by Gasteiger charge is -2.19. The predicted octanol–water partition coefficient (Wildman–Crippen LogP) is 0.356. The molecule has 0 spiro atoms. The van der Waals surface area contributed by atoms with E-state index in [1.54, 1.807) is 13.3 Å². The maximum atomic E-state index is 4.85. The van der Waals surface area contributed by atoms with E-state index in [0.717, 1.165) is 0 Å². The van der Waals surface area contributed by atoms with E-state index in [1.807, 2.05) is 13.8 Å². The molecule has 0 aromatic carbocycles. The van der Waals surface area contributed by atoms with Gasteiger partial charge in [-0.15, -0.1) is 0 Å². The van der Waals surface area contributed by atoms with Crippen molar-refractivity contribution in [2.45, 2.75) is 19.4 Å². The van der Waals surface area contributed by atoms with Crippen molar-refractivity contribution >= 4 is 12.2 Å². The second-order valence-corrected chi connectivity index (χ2v) is 2.64. The number of rotatable bonds is 0. The van der Waals surface area contributed by atoms with Crippen LogP contribution in [-0.2, 0) is 4.74 Å². The highest BCUT2D eigenvalue weighted by molar-refractivity contribution is 5.83. The Balaban J connectivity index is 2.73. The molecule has 1 N–H and O–H groups in total. The minimum absolute atomic E-state index is 0.239. The Kier molecular flexibility index (Phi) is 1.61. The molecule has 0 bridgehead atoms. The highest BCUT2D eigenvalue weighted by Gasteiger charge is 2.18. The Morgan fingerprint density at radius 1 is 1.60 bits per heavy atom. The van der Waals surface area contributed by atoms with Gasteiger partial charge in [-0.2, -0.15) is 5.10 Å². The second-order valence-electron chi connectivity index (χ2n) is 2.64. The Labute approximate surface area is 60.0 Å². The molecule has 0 fully saturated rings. The molecule has 1 aliphatic rings. The maximum absolute atomic E-state index is 4.85. The van der Waals surface area contributed by atoms with Gasteiger partial charge in [-0.3, -0.25) is 0 Å². The second kappa shape index (κ2) is 2.28. The first-order valence-electron chi connectivity index (χ1n) is 3.08. The molecule has 0 saturated carbocycles. The molecule has 56 valence electrons. The summed E-state index contributed by atoms with van der Waals surface area (Å²) in [5.74, 6) is 0. The van der Waals surface area contributed by atoms with Gasteiger partial charge >= 0.3 is 6.02 Å². The van der Waals surface area contributed by atoms with Crippen LogP contribution in [0.15, 0.2) is 10.1 Å². The number of amidine groups is 1. The van der Waals surface area contributed by atoms with Crippen LogP contribution in [0.3, 0.4) is 0 Å². The van der Waals surface area contributed by atoms with Gasteiger partial charge in [0.2, 0.25) is 0 Å². The van der Waals surface area contributed by atoms with Gasteiger partial charge in [0.05, 0.1) is 18.9 Å². The molecule has 0 amide bonds. The molecule has 1 rings (SSSR count). The molecule has 0 saturated heterocycles. The highest BCUT2D eigenvalue weighted by atomic mass is 16.5. The van der Waals surface area contributed by atoms with Gasteiger partial charge in [0, 0.05) is 0 Å². The summed E-state index contributed by atoms with van der Waals surface area (Å²) >= 11 is 0. The van der Waals surface area contributed by atoms with Crippen molar-refractivity contribution in [3.05, 3.63) is 0 Å². The predicted molar refractivity (Wildman–Crippen MR) is 40.2 cm³/mol. The number of nitrogens with zero attached hydrogens (tertiary/aromatic N) is 2. The van der Waals surface area contributed by atoms with E-state index < -0.39 is 0 Å². The maximum Gasteiger partial charge on any atom is 0.306 e. The molecule has 1 heterocycles. The van der Waals surface area contributed by atoms with Crippen molar-refractivity contribution in [1.29, 1.82) is 0 Å². The van der Waals surface area contributed by atoms with Crippen molar-refractivity contribution in [2.24, 2.45) is 10.1 Å². The van der Waals surface area contributed by atoms with Gasteiger partial charge in [-0.05, 0) is 13.8 Å². The van der Waals surface area contributed by atoms with E-state index in [2.05, 4.69) is 15.5 Å². The SMILES string of the molecule is COC1=NC(C)(C)C=NN1. The molecule has 0 aliphatic carbocycles. The Bertz CT molecular complexity index is 183. The lowest BCUT2D eigenvalue weighted by Crippen LogP contribution is -2.33. The average Bonchev–Trinajstić information content (AvgIpc) is 1.86. The number of hydrazone groups is 1. The van der Waals surface area contributed by atoms with Crippen LogP contribution in [0.1, 0.15) is 13.8 Å². The monoisotopic (exact) mass is 141 g/mol. The lowest BCUT2D eigenvalue weighted by molar-refractivity contribution is 0.371. The van der Waals surface area contributed by atoms with E-state index >= 15 is 0 Å². The van der Waals surface area contributed by atoms with E-state index in [-0.39, 0.29) is 5.54 Å². The molecule has 4 nitrogen and oxygen atoms in total. The standard InChI is InChI=1S/C6H11N3O/c1-6(2)4-7-9-5(8-6)10-3/h4H,1-3H3,(H,8,9).